The number of fused-ring (bicyclic) bond motifs is 1. The first-order valence-corrected chi connectivity index (χ1v) is 8.95. The number of hydrogen-bond donors (Lipinski definition) is 2. The minimum absolute atomic E-state index is 0.106. The highest BCUT2D eigenvalue weighted by Gasteiger charge is 2.24. The first kappa shape index (κ1) is 17.8. The Labute approximate surface area is 161 Å². The van der Waals surface area contributed by atoms with Gasteiger partial charge in [-0.05, 0) is 0 Å². The molecule has 0 unspecified atom stereocenters. The van der Waals surface area contributed by atoms with E-state index >= 15 is 0 Å². The van der Waals surface area contributed by atoms with Crippen molar-refractivity contribution in [2.24, 2.45) is 0 Å². The average Bonchev–Trinajstić information content (AvgIpc) is 2.75. The van der Waals surface area contributed by atoms with E-state index in [0.29, 0.717) is 11.5 Å². The molecule has 7 heteroatoms. The molecule has 7 nitrogen and oxygen atoms in total. The molecule has 0 saturated heterocycles. The molecule has 4 rings (SSSR count). The molecular formula is C21H19N5O2. The topological polar surface area (TPSA) is 92.9 Å². The molecular weight excluding hydrogens is 354 g/mol. The standard InChI is InChI=1S/C21H19N5O2/c1-22-21-24-19-17(20(28)25-21)23-16(14-8-4-2-5-9-14)18(26(19)12-13-27)15-10-6-3-7-11-15/h2-11,27H,12-13H2,1H3,(H,22,25,28). The highest BCUT2D eigenvalue weighted by Crippen LogP contribution is 2.34. The third kappa shape index (κ3) is 3.12. The molecule has 28 heavy (non-hydrogen) atoms. The fourth-order valence-electron chi connectivity index (χ4n) is 3.22. The SMILES string of the molecule is CNc1nc2n(CCO)c(-c3ccccc3)c(-c3ccccc3)nc-2c(=O)n1. The Balaban J connectivity index is 2.16. The molecule has 0 amide bonds. The van der Waals surface area contributed by atoms with Gasteiger partial charge in [0, 0.05) is 24.7 Å². The minimum atomic E-state index is -0.460. The molecule has 140 valence electrons. The van der Waals surface area contributed by atoms with Crippen LogP contribution in [-0.4, -0.2) is 38.3 Å². The van der Waals surface area contributed by atoms with E-state index in [4.69, 9.17) is 0 Å². The second kappa shape index (κ2) is 7.58. The van der Waals surface area contributed by atoms with E-state index in [-0.39, 0.29) is 24.8 Å². The molecule has 2 aromatic rings. The van der Waals surface area contributed by atoms with Crippen molar-refractivity contribution < 1.29 is 5.11 Å². The van der Waals surface area contributed by atoms with Gasteiger partial charge in [-0.1, -0.05) is 60.7 Å². The van der Waals surface area contributed by atoms with Crippen LogP contribution in [0.4, 0.5) is 5.95 Å². The molecule has 0 aromatic heterocycles. The van der Waals surface area contributed by atoms with E-state index in [9.17, 15) is 9.90 Å². The maximum atomic E-state index is 12.6. The van der Waals surface area contributed by atoms with Crippen LogP contribution >= 0.6 is 0 Å². The van der Waals surface area contributed by atoms with Gasteiger partial charge in [0.15, 0.2) is 11.5 Å². The van der Waals surface area contributed by atoms with Gasteiger partial charge in [-0.25, -0.2) is 4.98 Å². The zero-order valence-electron chi connectivity index (χ0n) is 15.3. The summed E-state index contributed by atoms with van der Waals surface area (Å²) in [6, 6.07) is 19.4. The van der Waals surface area contributed by atoms with Crippen molar-refractivity contribution in [3.8, 4) is 34.0 Å². The number of nitrogens with zero attached hydrogens (tertiary/aromatic N) is 4. The van der Waals surface area contributed by atoms with Crippen LogP contribution in [0.25, 0.3) is 34.0 Å². The van der Waals surface area contributed by atoms with Crippen molar-refractivity contribution in [3.63, 3.8) is 0 Å². The number of nitrogens with one attached hydrogen (secondary N) is 1. The predicted octanol–water partition coefficient (Wildman–Crippen LogP) is 2.51. The van der Waals surface area contributed by atoms with Gasteiger partial charge in [-0.15, -0.1) is 0 Å². The van der Waals surface area contributed by atoms with Crippen molar-refractivity contribution in [1.29, 1.82) is 0 Å². The van der Waals surface area contributed by atoms with Crippen LogP contribution in [0.5, 0.6) is 0 Å². The molecule has 0 saturated carbocycles. The first-order chi connectivity index (χ1) is 13.7. The van der Waals surface area contributed by atoms with Crippen LogP contribution in [0.2, 0.25) is 0 Å². The highest BCUT2D eigenvalue weighted by molar-refractivity contribution is 5.81. The number of rotatable bonds is 5. The Morgan fingerprint density at radius 2 is 1.54 bits per heavy atom. The molecule has 0 radical (unpaired) electrons. The van der Waals surface area contributed by atoms with E-state index < -0.39 is 5.56 Å². The average molecular weight is 373 g/mol. The Kier molecular flexibility index (Phi) is 4.82. The third-order valence-corrected chi connectivity index (χ3v) is 4.45. The molecule has 0 spiro atoms. The summed E-state index contributed by atoms with van der Waals surface area (Å²) in [5.41, 5.74) is 2.93. The van der Waals surface area contributed by atoms with Gasteiger partial charge < -0.3 is 15.0 Å². The van der Waals surface area contributed by atoms with Crippen molar-refractivity contribution in [3.05, 3.63) is 71.0 Å². The molecule has 2 N–H and O–H groups in total. The lowest BCUT2D eigenvalue weighted by Crippen LogP contribution is -2.23. The molecule has 0 bridgehead atoms. The van der Waals surface area contributed by atoms with E-state index in [1.807, 2.05) is 65.2 Å². The maximum Gasteiger partial charge on any atom is 0.302 e. The molecule has 0 atom stereocenters. The lowest BCUT2D eigenvalue weighted by Gasteiger charge is -2.22. The van der Waals surface area contributed by atoms with Gasteiger partial charge in [0.1, 0.15) is 0 Å². The molecule has 2 aromatic carbocycles. The van der Waals surface area contributed by atoms with Crippen LogP contribution in [-0.2, 0) is 6.54 Å². The Morgan fingerprint density at radius 3 is 2.14 bits per heavy atom. The predicted molar refractivity (Wildman–Crippen MR) is 108 cm³/mol. The van der Waals surface area contributed by atoms with Crippen LogP contribution < -0.4 is 10.9 Å². The Hall–Kier alpha value is -3.58. The summed E-state index contributed by atoms with van der Waals surface area (Å²) in [6.45, 7) is 0.160. The fourth-order valence-corrected chi connectivity index (χ4v) is 3.22. The third-order valence-electron chi connectivity index (χ3n) is 4.45. The monoisotopic (exact) mass is 373 g/mol. The van der Waals surface area contributed by atoms with Crippen molar-refractivity contribution in [2.75, 3.05) is 19.0 Å². The van der Waals surface area contributed by atoms with Gasteiger partial charge >= 0.3 is 5.56 Å². The molecule has 0 fully saturated rings. The van der Waals surface area contributed by atoms with Crippen LogP contribution in [0.1, 0.15) is 0 Å². The van der Waals surface area contributed by atoms with Gasteiger partial charge in [0.2, 0.25) is 5.95 Å². The number of aromatic nitrogens is 4. The van der Waals surface area contributed by atoms with Gasteiger partial charge in [-0.2, -0.15) is 9.97 Å². The summed E-state index contributed by atoms with van der Waals surface area (Å²) < 4.78 is 1.84. The molecule has 0 aliphatic carbocycles. The highest BCUT2D eigenvalue weighted by atomic mass is 16.3. The van der Waals surface area contributed by atoms with Crippen molar-refractivity contribution in [2.45, 2.75) is 6.54 Å². The summed E-state index contributed by atoms with van der Waals surface area (Å²) in [7, 11) is 1.65. The number of hydrogen-bond acceptors (Lipinski definition) is 6. The smallest absolute Gasteiger partial charge is 0.302 e. The number of aliphatic hydroxyl groups is 1. The molecule has 2 heterocycles. The van der Waals surface area contributed by atoms with Crippen LogP contribution in [0, 0.1) is 0 Å². The normalized spacial score (nSPS) is 10.9. The van der Waals surface area contributed by atoms with Gasteiger partial charge in [0.05, 0.1) is 18.0 Å². The Bertz CT molecular complexity index is 1130. The van der Waals surface area contributed by atoms with Gasteiger partial charge in [0.25, 0.3) is 0 Å². The summed E-state index contributed by atoms with van der Waals surface area (Å²) >= 11 is 0. The number of anilines is 1. The maximum absolute atomic E-state index is 12.6. The zero-order chi connectivity index (χ0) is 19.5. The minimum Gasteiger partial charge on any atom is -0.395 e. The lowest BCUT2D eigenvalue weighted by atomic mass is 10.0. The second-order valence-electron chi connectivity index (χ2n) is 6.19. The Morgan fingerprint density at radius 1 is 0.893 bits per heavy atom. The van der Waals surface area contributed by atoms with E-state index in [1.54, 1.807) is 7.05 Å². The molecule has 2 aliphatic rings. The molecule has 2 aliphatic heterocycles. The van der Waals surface area contributed by atoms with Crippen molar-refractivity contribution in [1.82, 2.24) is 19.5 Å². The summed E-state index contributed by atoms with van der Waals surface area (Å²) in [5, 5.41) is 12.5. The zero-order valence-corrected chi connectivity index (χ0v) is 15.3. The largest absolute Gasteiger partial charge is 0.395 e. The summed E-state index contributed by atoms with van der Waals surface area (Å²) in [5.74, 6) is 0.606. The second-order valence-corrected chi connectivity index (χ2v) is 6.19. The number of benzene rings is 2. The summed E-state index contributed by atoms with van der Waals surface area (Å²) in [6.07, 6.45) is 0. The lowest BCUT2D eigenvalue weighted by molar-refractivity contribution is 0.276. The van der Waals surface area contributed by atoms with E-state index in [0.717, 1.165) is 16.8 Å². The van der Waals surface area contributed by atoms with Crippen LogP contribution in [0.3, 0.4) is 0 Å². The fraction of sp³-hybridized carbons (Fsp3) is 0.143. The van der Waals surface area contributed by atoms with Gasteiger partial charge in [-0.3, -0.25) is 4.79 Å². The first-order valence-electron chi connectivity index (χ1n) is 8.95. The number of aliphatic hydroxyl groups excluding tert-OH is 1. The van der Waals surface area contributed by atoms with Crippen LogP contribution in [0.15, 0.2) is 65.5 Å². The van der Waals surface area contributed by atoms with Crippen molar-refractivity contribution >= 4 is 5.95 Å². The summed E-state index contributed by atoms with van der Waals surface area (Å²) in [4.78, 5) is 25.7. The van der Waals surface area contributed by atoms with E-state index in [2.05, 4.69) is 20.3 Å². The van der Waals surface area contributed by atoms with E-state index in [1.165, 1.54) is 0 Å². The quantitative estimate of drug-likeness (QED) is 0.558.